The molecule has 1 atom stereocenters. The third-order valence-electron chi connectivity index (χ3n) is 1.59. The standard InChI is InChI=1S/C7H9F4NO3/c1-2-3(4(13)14)12-6(15)7(10,11)5(8)9/h3,5H,2H2,1H3,(H,12,15)(H,13,14). The Bertz CT molecular complexity index is 257. The van der Waals surface area contributed by atoms with Gasteiger partial charge in [0, 0.05) is 0 Å². The Morgan fingerprint density at radius 2 is 1.87 bits per heavy atom. The van der Waals surface area contributed by atoms with Crippen molar-refractivity contribution in [2.75, 3.05) is 0 Å². The molecular formula is C7H9F4NO3. The molecule has 0 aliphatic carbocycles. The molecule has 0 saturated carbocycles. The Kier molecular flexibility index (Phi) is 4.50. The van der Waals surface area contributed by atoms with E-state index in [9.17, 15) is 27.2 Å². The molecule has 0 aromatic carbocycles. The fraction of sp³-hybridized carbons (Fsp3) is 0.714. The van der Waals surface area contributed by atoms with Crippen molar-refractivity contribution >= 4 is 11.9 Å². The first-order chi connectivity index (χ1) is 6.73. The molecule has 0 saturated heterocycles. The predicted molar refractivity (Wildman–Crippen MR) is 40.8 cm³/mol. The van der Waals surface area contributed by atoms with E-state index in [1.165, 1.54) is 12.2 Å². The highest BCUT2D eigenvalue weighted by molar-refractivity contribution is 5.88. The lowest BCUT2D eigenvalue weighted by atomic mass is 10.2. The van der Waals surface area contributed by atoms with Gasteiger partial charge in [-0.1, -0.05) is 6.92 Å². The highest BCUT2D eigenvalue weighted by Gasteiger charge is 2.49. The minimum Gasteiger partial charge on any atom is -0.480 e. The van der Waals surface area contributed by atoms with Gasteiger partial charge < -0.3 is 10.4 Å². The number of alkyl halides is 4. The van der Waals surface area contributed by atoms with Gasteiger partial charge in [-0.05, 0) is 6.42 Å². The number of carboxylic acids is 1. The SMILES string of the molecule is CCC(NC(=O)C(F)(F)C(F)F)C(=O)O. The Morgan fingerprint density at radius 3 is 2.13 bits per heavy atom. The van der Waals surface area contributed by atoms with E-state index < -0.39 is 30.3 Å². The zero-order valence-electron chi connectivity index (χ0n) is 7.64. The highest BCUT2D eigenvalue weighted by Crippen LogP contribution is 2.22. The normalized spacial score (nSPS) is 13.7. The maximum atomic E-state index is 12.3. The summed E-state index contributed by atoms with van der Waals surface area (Å²) in [6.07, 6.45) is -4.34. The van der Waals surface area contributed by atoms with Crippen LogP contribution in [0.5, 0.6) is 0 Å². The molecule has 0 aliphatic rings. The van der Waals surface area contributed by atoms with Gasteiger partial charge in [0.2, 0.25) is 0 Å². The molecule has 15 heavy (non-hydrogen) atoms. The summed E-state index contributed by atoms with van der Waals surface area (Å²) in [6.45, 7) is 1.31. The van der Waals surface area contributed by atoms with Gasteiger partial charge in [0.05, 0.1) is 0 Å². The summed E-state index contributed by atoms with van der Waals surface area (Å²) in [4.78, 5) is 20.9. The number of aliphatic carboxylic acids is 1. The van der Waals surface area contributed by atoms with E-state index in [1.54, 1.807) is 0 Å². The molecule has 0 rings (SSSR count). The molecular weight excluding hydrogens is 222 g/mol. The Morgan fingerprint density at radius 1 is 1.40 bits per heavy atom. The van der Waals surface area contributed by atoms with Crippen LogP contribution in [-0.2, 0) is 9.59 Å². The third-order valence-corrected chi connectivity index (χ3v) is 1.59. The van der Waals surface area contributed by atoms with E-state index in [4.69, 9.17) is 5.11 Å². The summed E-state index contributed by atoms with van der Waals surface area (Å²) in [6, 6.07) is -1.60. The van der Waals surface area contributed by atoms with Crippen molar-refractivity contribution in [1.29, 1.82) is 0 Å². The first-order valence-electron chi connectivity index (χ1n) is 3.93. The largest absolute Gasteiger partial charge is 0.480 e. The fourth-order valence-electron chi connectivity index (χ4n) is 0.692. The highest BCUT2D eigenvalue weighted by atomic mass is 19.3. The summed E-state index contributed by atoms with van der Waals surface area (Å²) >= 11 is 0. The third kappa shape index (κ3) is 3.37. The second-order valence-corrected chi connectivity index (χ2v) is 2.70. The molecule has 0 aromatic rings. The van der Waals surface area contributed by atoms with E-state index in [2.05, 4.69) is 0 Å². The number of carboxylic acid groups (broad SMARTS) is 1. The Labute approximate surface area is 82.3 Å². The molecule has 2 N–H and O–H groups in total. The first kappa shape index (κ1) is 13.7. The minimum atomic E-state index is -4.87. The molecule has 8 heteroatoms. The van der Waals surface area contributed by atoms with E-state index in [0.717, 1.165) is 0 Å². The lowest BCUT2D eigenvalue weighted by Crippen LogP contribution is -2.51. The molecule has 0 fully saturated rings. The molecule has 88 valence electrons. The van der Waals surface area contributed by atoms with Crippen LogP contribution in [0.1, 0.15) is 13.3 Å². The molecule has 0 bridgehead atoms. The van der Waals surface area contributed by atoms with E-state index in [-0.39, 0.29) is 6.42 Å². The summed E-state index contributed by atoms with van der Waals surface area (Å²) in [7, 11) is 0. The zero-order valence-corrected chi connectivity index (χ0v) is 7.64. The fourth-order valence-corrected chi connectivity index (χ4v) is 0.692. The zero-order chi connectivity index (χ0) is 12.2. The lowest BCUT2D eigenvalue weighted by molar-refractivity contribution is -0.171. The average molecular weight is 231 g/mol. The van der Waals surface area contributed by atoms with Crippen LogP contribution in [0.3, 0.4) is 0 Å². The van der Waals surface area contributed by atoms with Crippen molar-refractivity contribution in [1.82, 2.24) is 5.32 Å². The number of carbonyl (C=O) groups is 2. The van der Waals surface area contributed by atoms with Gasteiger partial charge in [0.1, 0.15) is 6.04 Å². The molecule has 4 nitrogen and oxygen atoms in total. The summed E-state index contributed by atoms with van der Waals surface area (Å²) in [5.74, 6) is -8.72. The van der Waals surface area contributed by atoms with Crippen molar-refractivity contribution in [3.05, 3.63) is 0 Å². The van der Waals surface area contributed by atoms with Gasteiger partial charge in [0.25, 0.3) is 5.91 Å². The quantitative estimate of drug-likeness (QED) is 0.690. The van der Waals surface area contributed by atoms with Gasteiger partial charge in [0.15, 0.2) is 0 Å². The number of carbonyl (C=O) groups excluding carboxylic acids is 1. The smallest absolute Gasteiger partial charge is 0.383 e. The van der Waals surface area contributed by atoms with Crippen molar-refractivity contribution in [2.45, 2.75) is 31.7 Å². The first-order valence-corrected chi connectivity index (χ1v) is 3.93. The van der Waals surface area contributed by atoms with Crippen LogP contribution in [0.4, 0.5) is 17.6 Å². The average Bonchev–Trinajstić information content (AvgIpc) is 2.12. The van der Waals surface area contributed by atoms with E-state index >= 15 is 0 Å². The monoisotopic (exact) mass is 231 g/mol. The second kappa shape index (κ2) is 4.94. The summed E-state index contributed by atoms with van der Waals surface area (Å²) in [5.41, 5.74) is 0. The van der Waals surface area contributed by atoms with Crippen molar-refractivity contribution in [2.24, 2.45) is 0 Å². The maximum absolute atomic E-state index is 12.3. The predicted octanol–water partition coefficient (Wildman–Crippen LogP) is 0.866. The lowest BCUT2D eigenvalue weighted by Gasteiger charge is -2.18. The van der Waals surface area contributed by atoms with Crippen LogP contribution in [0.15, 0.2) is 0 Å². The van der Waals surface area contributed by atoms with E-state index in [0.29, 0.717) is 0 Å². The van der Waals surface area contributed by atoms with Crippen molar-refractivity contribution in [3.63, 3.8) is 0 Å². The molecule has 0 spiro atoms. The van der Waals surface area contributed by atoms with Crippen molar-refractivity contribution in [3.8, 4) is 0 Å². The molecule has 0 aliphatic heterocycles. The Hall–Kier alpha value is -1.34. The Balaban J connectivity index is 4.54. The van der Waals surface area contributed by atoms with E-state index in [1.807, 2.05) is 0 Å². The van der Waals surface area contributed by atoms with Crippen LogP contribution in [-0.4, -0.2) is 35.4 Å². The van der Waals surface area contributed by atoms with Crippen LogP contribution < -0.4 is 5.32 Å². The van der Waals surface area contributed by atoms with Crippen LogP contribution in [0.2, 0.25) is 0 Å². The molecule has 1 amide bonds. The topological polar surface area (TPSA) is 66.4 Å². The van der Waals surface area contributed by atoms with Gasteiger partial charge in [-0.3, -0.25) is 4.79 Å². The van der Waals surface area contributed by atoms with Crippen molar-refractivity contribution < 1.29 is 32.3 Å². The van der Waals surface area contributed by atoms with Gasteiger partial charge in [-0.25, -0.2) is 13.6 Å². The number of hydrogen-bond donors (Lipinski definition) is 2. The molecule has 0 heterocycles. The van der Waals surface area contributed by atoms with Crippen LogP contribution in [0, 0.1) is 0 Å². The number of amides is 1. The molecule has 0 aromatic heterocycles. The maximum Gasteiger partial charge on any atom is 0.383 e. The van der Waals surface area contributed by atoms with Gasteiger partial charge in [-0.15, -0.1) is 0 Å². The van der Waals surface area contributed by atoms with Gasteiger partial charge in [-0.2, -0.15) is 8.78 Å². The molecule has 1 unspecified atom stereocenters. The number of nitrogens with one attached hydrogen (secondary N) is 1. The summed E-state index contributed by atoms with van der Waals surface area (Å²) < 4.78 is 48.0. The minimum absolute atomic E-state index is 0.180. The molecule has 0 radical (unpaired) electrons. The second-order valence-electron chi connectivity index (χ2n) is 2.70. The van der Waals surface area contributed by atoms with Gasteiger partial charge >= 0.3 is 18.3 Å². The number of hydrogen-bond acceptors (Lipinski definition) is 2. The van der Waals surface area contributed by atoms with Crippen LogP contribution in [0.25, 0.3) is 0 Å². The number of halogens is 4. The summed E-state index contributed by atoms with van der Waals surface area (Å²) in [5, 5.41) is 9.70. The number of rotatable bonds is 5. The van der Waals surface area contributed by atoms with Crippen LogP contribution >= 0.6 is 0 Å².